The maximum Gasteiger partial charge on any atom is 0.322 e. The molecule has 7 heteroatoms. The predicted molar refractivity (Wildman–Crippen MR) is 95.6 cm³/mol. The molecule has 0 atom stereocenters. The Morgan fingerprint density at radius 3 is 2.60 bits per heavy atom. The number of nitrogens with zero attached hydrogens (tertiary/aromatic N) is 2. The smallest absolute Gasteiger partial charge is 0.322 e. The van der Waals surface area contributed by atoms with Gasteiger partial charge >= 0.3 is 6.01 Å². The summed E-state index contributed by atoms with van der Waals surface area (Å²) in [7, 11) is 1.60. The van der Waals surface area contributed by atoms with E-state index in [-0.39, 0.29) is 18.3 Å². The molecule has 0 unspecified atom stereocenters. The number of anilines is 1. The average molecular weight is 355 g/mol. The monoisotopic (exact) mass is 355 g/mol. The second-order valence-corrected chi connectivity index (χ2v) is 6.22. The van der Waals surface area contributed by atoms with Gasteiger partial charge in [-0.3, -0.25) is 10.1 Å². The van der Waals surface area contributed by atoms with Gasteiger partial charge in [0.1, 0.15) is 5.75 Å². The molecule has 0 spiro atoms. The second kappa shape index (κ2) is 8.34. The van der Waals surface area contributed by atoms with Crippen molar-refractivity contribution in [2.24, 2.45) is 0 Å². The highest BCUT2D eigenvalue weighted by atomic mass is 32.2. The number of benzene rings is 2. The summed E-state index contributed by atoms with van der Waals surface area (Å²) < 4.78 is 10.5. The predicted octanol–water partition coefficient (Wildman–Crippen LogP) is 3.55. The molecule has 1 heterocycles. The minimum atomic E-state index is -0.212. The number of methoxy groups -OCH3 is 1. The van der Waals surface area contributed by atoms with Crippen molar-refractivity contribution >= 4 is 23.7 Å². The lowest BCUT2D eigenvalue weighted by atomic mass is 10.1. The molecule has 0 saturated carbocycles. The lowest BCUT2D eigenvalue weighted by Crippen LogP contribution is -2.14. The van der Waals surface area contributed by atoms with E-state index in [0.717, 1.165) is 16.2 Å². The summed E-state index contributed by atoms with van der Waals surface area (Å²) in [5, 5.41) is 10.4. The SMILES string of the molecule is COc1ccc(CC(=O)Nc2nnc(CSc3ccccc3)o2)cc1. The Kier molecular flexibility index (Phi) is 5.69. The first kappa shape index (κ1) is 17.0. The van der Waals surface area contributed by atoms with Crippen LogP contribution in [0.15, 0.2) is 63.9 Å². The Labute approximate surface area is 149 Å². The maximum absolute atomic E-state index is 12.0. The van der Waals surface area contributed by atoms with E-state index in [0.29, 0.717) is 11.6 Å². The summed E-state index contributed by atoms with van der Waals surface area (Å²) in [4.78, 5) is 13.2. The van der Waals surface area contributed by atoms with E-state index in [4.69, 9.17) is 9.15 Å². The molecule has 1 N–H and O–H groups in total. The van der Waals surface area contributed by atoms with Crippen LogP contribution in [0.1, 0.15) is 11.5 Å². The van der Waals surface area contributed by atoms with Gasteiger partial charge in [0.2, 0.25) is 11.8 Å². The normalized spacial score (nSPS) is 10.4. The van der Waals surface area contributed by atoms with Gasteiger partial charge in [-0.2, -0.15) is 0 Å². The number of thioether (sulfide) groups is 1. The molecule has 2 aromatic carbocycles. The van der Waals surface area contributed by atoms with Crippen molar-refractivity contribution < 1.29 is 13.9 Å². The molecule has 0 aliphatic heterocycles. The van der Waals surface area contributed by atoms with Crippen molar-refractivity contribution in [3.05, 3.63) is 66.1 Å². The zero-order chi connectivity index (χ0) is 17.5. The van der Waals surface area contributed by atoms with Crippen molar-refractivity contribution in [3.8, 4) is 5.75 Å². The Bertz CT molecular complexity index is 819. The molecule has 1 aromatic heterocycles. The molecule has 0 fully saturated rings. The fourth-order valence-electron chi connectivity index (χ4n) is 2.12. The summed E-state index contributed by atoms with van der Waals surface area (Å²) in [6.07, 6.45) is 0.223. The summed E-state index contributed by atoms with van der Waals surface area (Å²) in [5.41, 5.74) is 0.873. The number of nitrogens with one attached hydrogen (secondary N) is 1. The first-order chi connectivity index (χ1) is 12.2. The zero-order valence-electron chi connectivity index (χ0n) is 13.6. The fourth-order valence-corrected chi connectivity index (χ4v) is 2.87. The Morgan fingerprint density at radius 2 is 1.88 bits per heavy atom. The highest BCUT2D eigenvalue weighted by molar-refractivity contribution is 7.98. The van der Waals surface area contributed by atoms with E-state index < -0.39 is 0 Å². The van der Waals surface area contributed by atoms with Crippen LogP contribution in [0, 0.1) is 0 Å². The number of carbonyl (C=O) groups excluding carboxylic acids is 1. The van der Waals surface area contributed by atoms with Gasteiger partial charge in [-0.1, -0.05) is 35.4 Å². The number of hydrogen-bond acceptors (Lipinski definition) is 6. The van der Waals surface area contributed by atoms with Crippen LogP contribution in [0.3, 0.4) is 0 Å². The van der Waals surface area contributed by atoms with Crippen LogP contribution in [0.25, 0.3) is 0 Å². The molecule has 128 valence electrons. The Balaban J connectivity index is 1.50. The third-order valence-electron chi connectivity index (χ3n) is 3.34. The molecule has 0 radical (unpaired) electrons. The lowest BCUT2D eigenvalue weighted by molar-refractivity contribution is -0.115. The third-order valence-corrected chi connectivity index (χ3v) is 4.34. The average Bonchev–Trinajstić information content (AvgIpc) is 3.08. The second-order valence-electron chi connectivity index (χ2n) is 5.18. The van der Waals surface area contributed by atoms with Gasteiger partial charge in [0.05, 0.1) is 19.3 Å². The molecular formula is C18H17N3O3S. The number of rotatable bonds is 7. The molecule has 25 heavy (non-hydrogen) atoms. The first-order valence-corrected chi connectivity index (χ1v) is 8.64. The third kappa shape index (κ3) is 5.09. The van der Waals surface area contributed by atoms with Crippen molar-refractivity contribution in [3.63, 3.8) is 0 Å². The van der Waals surface area contributed by atoms with Crippen LogP contribution in [0.5, 0.6) is 5.75 Å². The van der Waals surface area contributed by atoms with Crippen LogP contribution >= 0.6 is 11.8 Å². The molecular weight excluding hydrogens is 338 g/mol. The minimum absolute atomic E-state index is 0.113. The Morgan fingerprint density at radius 1 is 1.12 bits per heavy atom. The van der Waals surface area contributed by atoms with Crippen LogP contribution < -0.4 is 10.1 Å². The number of carbonyl (C=O) groups is 1. The maximum atomic E-state index is 12.0. The van der Waals surface area contributed by atoms with Gasteiger partial charge in [-0.05, 0) is 29.8 Å². The lowest BCUT2D eigenvalue weighted by Gasteiger charge is -2.03. The van der Waals surface area contributed by atoms with E-state index in [9.17, 15) is 4.79 Å². The molecule has 1 amide bonds. The van der Waals surface area contributed by atoms with Crippen LogP contribution in [0.2, 0.25) is 0 Å². The van der Waals surface area contributed by atoms with Crippen molar-refractivity contribution in [1.29, 1.82) is 0 Å². The van der Waals surface area contributed by atoms with Gasteiger partial charge in [-0.25, -0.2) is 0 Å². The van der Waals surface area contributed by atoms with Crippen LogP contribution in [-0.2, 0) is 17.0 Å². The topological polar surface area (TPSA) is 77.2 Å². The van der Waals surface area contributed by atoms with Gasteiger partial charge in [-0.15, -0.1) is 16.9 Å². The number of aromatic nitrogens is 2. The van der Waals surface area contributed by atoms with Crippen LogP contribution in [-0.4, -0.2) is 23.2 Å². The standard InChI is InChI=1S/C18H17N3O3S/c1-23-14-9-7-13(8-10-14)11-16(22)19-18-21-20-17(24-18)12-25-15-5-3-2-4-6-15/h2-10H,11-12H2,1H3,(H,19,21,22). The largest absolute Gasteiger partial charge is 0.497 e. The van der Waals surface area contributed by atoms with Gasteiger partial charge in [0.25, 0.3) is 0 Å². The summed E-state index contributed by atoms with van der Waals surface area (Å²) >= 11 is 1.59. The van der Waals surface area contributed by atoms with Gasteiger partial charge < -0.3 is 9.15 Å². The molecule has 0 aliphatic rings. The number of ether oxygens (including phenoxy) is 1. The van der Waals surface area contributed by atoms with E-state index in [1.165, 1.54) is 0 Å². The molecule has 3 aromatic rings. The van der Waals surface area contributed by atoms with Gasteiger partial charge in [0.15, 0.2) is 0 Å². The summed E-state index contributed by atoms with van der Waals surface area (Å²) in [6, 6.07) is 17.4. The molecule has 0 bridgehead atoms. The van der Waals surface area contributed by atoms with E-state index >= 15 is 0 Å². The Hall–Kier alpha value is -2.80. The molecule has 6 nitrogen and oxygen atoms in total. The number of amides is 1. The van der Waals surface area contributed by atoms with Gasteiger partial charge in [0, 0.05) is 4.90 Å². The van der Waals surface area contributed by atoms with Crippen LogP contribution in [0.4, 0.5) is 6.01 Å². The van der Waals surface area contributed by atoms with Crippen molar-refractivity contribution in [2.45, 2.75) is 17.1 Å². The number of hydrogen-bond donors (Lipinski definition) is 1. The minimum Gasteiger partial charge on any atom is -0.497 e. The fraction of sp³-hybridized carbons (Fsp3) is 0.167. The molecule has 0 saturated heterocycles. The van der Waals surface area contributed by atoms with Crippen molar-refractivity contribution in [2.75, 3.05) is 12.4 Å². The highest BCUT2D eigenvalue weighted by Crippen LogP contribution is 2.22. The summed E-state index contributed by atoms with van der Waals surface area (Å²) in [6.45, 7) is 0. The van der Waals surface area contributed by atoms with E-state index in [1.807, 2.05) is 54.6 Å². The quantitative estimate of drug-likeness (QED) is 0.653. The van der Waals surface area contributed by atoms with Crippen molar-refractivity contribution in [1.82, 2.24) is 10.2 Å². The van der Waals surface area contributed by atoms with E-state index in [1.54, 1.807) is 18.9 Å². The molecule has 3 rings (SSSR count). The highest BCUT2D eigenvalue weighted by Gasteiger charge is 2.11. The zero-order valence-corrected chi connectivity index (χ0v) is 14.5. The molecule has 0 aliphatic carbocycles. The summed E-state index contributed by atoms with van der Waals surface area (Å²) in [5.74, 6) is 1.55. The first-order valence-electron chi connectivity index (χ1n) is 7.66. The van der Waals surface area contributed by atoms with E-state index in [2.05, 4.69) is 15.5 Å².